The van der Waals surface area contributed by atoms with Crippen molar-refractivity contribution in [2.75, 3.05) is 6.61 Å². The maximum atomic E-state index is 13.0. The van der Waals surface area contributed by atoms with Gasteiger partial charge in [0.2, 0.25) is 5.78 Å². The third-order valence-corrected chi connectivity index (χ3v) is 9.19. The monoisotopic (exact) mass is 418 g/mol. The van der Waals surface area contributed by atoms with Crippen LogP contribution in [0.4, 0.5) is 0 Å². The summed E-state index contributed by atoms with van der Waals surface area (Å²) in [6.07, 6.45) is 5.77. The topological polar surface area (TPSA) is 101 Å². The van der Waals surface area contributed by atoms with Gasteiger partial charge >= 0.3 is 5.97 Å². The molecule has 0 saturated heterocycles. The van der Waals surface area contributed by atoms with Crippen LogP contribution in [0.1, 0.15) is 72.1 Å². The molecule has 0 bridgehead atoms. The van der Waals surface area contributed by atoms with Gasteiger partial charge in [-0.25, -0.2) is 0 Å². The summed E-state index contributed by atoms with van der Waals surface area (Å²) in [6, 6.07) is 0. The zero-order chi connectivity index (χ0) is 21.9. The van der Waals surface area contributed by atoms with Crippen molar-refractivity contribution in [1.82, 2.24) is 0 Å². The summed E-state index contributed by atoms with van der Waals surface area (Å²) in [6.45, 7) is 5.18. The molecule has 3 saturated carbocycles. The Balaban J connectivity index is 1.75. The van der Waals surface area contributed by atoms with Crippen LogP contribution in [0.3, 0.4) is 0 Å². The van der Waals surface area contributed by atoms with Crippen LogP contribution in [0.15, 0.2) is 11.6 Å². The number of hydrogen-bond acceptors (Lipinski definition) is 6. The molecule has 0 aromatic rings. The van der Waals surface area contributed by atoms with Gasteiger partial charge in [0.15, 0.2) is 11.4 Å². The molecule has 30 heavy (non-hydrogen) atoms. The van der Waals surface area contributed by atoms with Gasteiger partial charge in [-0.2, -0.15) is 0 Å². The molecule has 0 amide bonds. The molecule has 0 unspecified atom stereocenters. The van der Waals surface area contributed by atoms with E-state index in [1.165, 1.54) is 0 Å². The number of rotatable bonds is 4. The van der Waals surface area contributed by atoms with Crippen molar-refractivity contribution in [1.29, 1.82) is 0 Å². The molecule has 0 radical (unpaired) electrons. The summed E-state index contributed by atoms with van der Waals surface area (Å²) in [7, 11) is 0. The number of aliphatic hydroxyl groups excluding tert-OH is 2. The van der Waals surface area contributed by atoms with Gasteiger partial charge in [-0.05, 0) is 67.8 Å². The van der Waals surface area contributed by atoms with Crippen molar-refractivity contribution in [3.05, 3.63) is 11.6 Å². The highest BCUT2D eigenvalue weighted by Crippen LogP contribution is 2.68. The summed E-state index contributed by atoms with van der Waals surface area (Å²) < 4.78 is 5.83. The minimum absolute atomic E-state index is 0.0329. The molecule has 0 heterocycles. The Hall–Kier alpha value is -1.53. The standard InChI is InChI=1S/C24H34O6/c1-4-20(29)30-24(19(28)13-25)10-8-17-16-6-5-14-11-15(26)7-9-22(14,2)21(16)18(27)12-23(17,24)3/h11,16-18,21,25,27H,4-10,12-13H2,1-3H3/t16-,17+,18-,21-,22-,23-,24-/m0/s1. The third-order valence-electron chi connectivity index (χ3n) is 9.19. The second kappa shape index (κ2) is 7.27. The Morgan fingerprint density at radius 3 is 2.60 bits per heavy atom. The predicted molar refractivity (Wildman–Crippen MR) is 109 cm³/mol. The Morgan fingerprint density at radius 2 is 1.93 bits per heavy atom. The quantitative estimate of drug-likeness (QED) is 0.681. The van der Waals surface area contributed by atoms with Crippen molar-refractivity contribution in [2.24, 2.45) is 28.6 Å². The Labute approximate surface area is 178 Å². The molecule has 4 rings (SSSR count). The first-order valence-corrected chi connectivity index (χ1v) is 11.4. The minimum Gasteiger partial charge on any atom is -0.450 e. The van der Waals surface area contributed by atoms with Crippen LogP contribution in [0.5, 0.6) is 0 Å². The summed E-state index contributed by atoms with van der Waals surface area (Å²) in [5.74, 6) is -0.362. The maximum absolute atomic E-state index is 13.0. The van der Waals surface area contributed by atoms with Crippen molar-refractivity contribution in [3.8, 4) is 0 Å². The van der Waals surface area contributed by atoms with E-state index in [0.29, 0.717) is 19.3 Å². The van der Waals surface area contributed by atoms with E-state index in [-0.39, 0.29) is 35.4 Å². The van der Waals surface area contributed by atoms with E-state index in [1.54, 1.807) is 13.0 Å². The Kier molecular flexibility index (Phi) is 5.25. The normalized spacial score (nSPS) is 45.1. The highest BCUT2D eigenvalue weighted by atomic mass is 16.6. The smallest absolute Gasteiger partial charge is 0.306 e. The van der Waals surface area contributed by atoms with Gasteiger partial charge in [0, 0.05) is 18.3 Å². The highest BCUT2D eigenvalue weighted by Gasteiger charge is 2.70. The van der Waals surface area contributed by atoms with Gasteiger partial charge in [0.25, 0.3) is 0 Å². The molecule has 4 aliphatic carbocycles. The van der Waals surface area contributed by atoms with Gasteiger partial charge in [-0.15, -0.1) is 0 Å². The fraction of sp³-hybridized carbons (Fsp3) is 0.792. The molecule has 2 N–H and O–H groups in total. The number of esters is 1. The Morgan fingerprint density at radius 1 is 1.20 bits per heavy atom. The third kappa shape index (κ3) is 2.79. The van der Waals surface area contributed by atoms with E-state index in [2.05, 4.69) is 6.92 Å². The lowest BCUT2D eigenvalue weighted by Crippen LogP contribution is -2.63. The van der Waals surface area contributed by atoms with Crippen molar-refractivity contribution in [3.63, 3.8) is 0 Å². The number of ketones is 2. The van der Waals surface area contributed by atoms with Crippen molar-refractivity contribution < 1.29 is 29.3 Å². The number of ether oxygens (including phenoxy) is 1. The molecule has 0 aromatic heterocycles. The van der Waals surface area contributed by atoms with E-state index >= 15 is 0 Å². The van der Waals surface area contributed by atoms with Crippen molar-refractivity contribution >= 4 is 17.5 Å². The molecule has 6 heteroatoms. The number of carbonyl (C=O) groups is 3. The molecular formula is C24H34O6. The van der Waals surface area contributed by atoms with E-state index in [0.717, 1.165) is 31.3 Å². The van der Waals surface area contributed by atoms with Gasteiger partial charge in [-0.1, -0.05) is 26.3 Å². The van der Waals surface area contributed by atoms with Crippen LogP contribution in [-0.2, 0) is 19.1 Å². The predicted octanol–water partition coefficient (Wildman–Crippen LogP) is 2.74. The molecule has 4 aliphatic rings. The Bertz CT molecular complexity index is 802. The summed E-state index contributed by atoms with van der Waals surface area (Å²) in [5, 5.41) is 21.2. The number of allylic oxidation sites excluding steroid dienone is 1. The minimum atomic E-state index is -1.37. The number of Topliss-reactive ketones (excluding diaryl/α,β-unsaturated/α-hetero) is 1. The summed E-state index contributed by atoms with van der Waals surface area (Å²) in [5.41, 5.74) is -1.12. The van der Waals surface area contributed by atoms with Gasteiger partial charge in [-0.3, -0.25) is 14.4 Å². The average Bonchev–Trinajstić information content (AvgIpc) is 3.00. The maximum Gasteiger partial charge on any atom is 0.306 e. The molecule has 0 spiro atoms. The van der Waals surface area contributed by atoms with Crippen LogP contribution in [0.2, 0.25) is 0 Å². The largest absolute Gasteiger partial charge is 0.450 e. The second-order valence-corrected chi connectivity index (χ2v) is 10.4. The first kappa shape index (κ1) is 21.7. The second-order valence-electron chi connectivity index (χ2n) is 10.4. The number of aliphatic hydroxyl groups is 2. The van der Waals surface area contributed by atoms with Crippen LogP contribution in [0, 0.1) is 28.6 Å². The van der Waals surface area contributed by atoms with E-state index < -0.39 is 35.5 Å². The lowest BCUT2D eigenvalue weighted by Gasteiger charge is -2.60. The van der Waals surface area contributed by atoms with Crippen LogP contribution >= 0.6 is 0 Å². The van der Waals surface area contributed by atoms with E-state index in [1.807, 2.05) is 6.92 Å². The SMILES string of the molecule is CCC(=O)O[C@]1(C(=O)CO)CC[C@@H]2[C@@H]3CCC4=CC(=O)CC[C@]4(C)[C@@H]3[C@@H](O)C[C@@]21C. The zero-order valence-corrected chi connectivity index (χ0v) is 18.3. The number of hydrogen-bond donors (Lipinski definition) is 2. The number of fused-ring (bicyclic) bond motifs is 5. The number of carbonyl (C=O) groups excluding carboxylic acids is 3. The van der Waals surface area contributed by atoms with Gasteiger partial charge in [0.05, 0.1) is 6.10 Å². The molecule has 3 fully saturated rings. The first-order chi connectivity index (χ1) is 14.1. The molecular weight excluding hydrogens is 384 g/mol. The summed E-state index contributed by atoms with van der Waals surface area (Å²) >= 11 is 0. The lowest BCUT2D eigenvalue weighted by atomic mass is 9.45. The van der Waals surface area contributed by atoms with Crippen LogP contribution in [0.25, 0.3) is 0 Å². The van der Waals surface area contributed by atoms with Crippen LogP contribution in [-0.4, -0.2) is 46.1 Å². The van der Waals surface area contributed by atoms with Crippen LogP contribution < -0.4 is 0 Å². The first-order valence-electron chi connectivity index (χ1n) is 11.4. The molecule has 7 atom stereocenters. The zero-order valence-electron chi connectivity index (χ0n) is 18.3. The average molecular weight is 419 g/mol. The molecule has 0 aromatic carbocycles. The summed E-state index contributed by atoms with van der Waals surface area (Å²) in [4.78, 5) is 37.3. The van der Waals surface area contributed by atoms with E-state index in [4.69, 9.17) is 4.74 Å². The van der Waals surface area contributed by atoms with Gasteiger partial charge < -0.3 is 14.9 Å². The lowest BCUT2D eigenvalue weighted by molar-refractivity contribution is -0.202. The van der Waals surface area contributed by atoms with Crippen molar-refractivity contribution in [2.45, 2.75) is 83.8 Å². The molecule has 6 nitrogen and oxygen atoms in total. The molecule has 166 valence electrons. The molecule has 0 aliphatic heterocycles. The fourth-order valence-corrected chi connectivity index (χ4v) is 7.75. The highest BCUT2D eigenvalue weighted by molar-refractivity contribution is 5.92. The van der Waals surface area contributed by atoms with E-state index in [9.17, 15) is 24.6 Å². The fourth-order valence-electron chi connectivity index (χ4n) is 7.75. The van der Waals surface area contributed by atoms with Gasteiger partial charge in [0.1, 0.15) is 6.61 Å².